The lowest BCUT2D eigenvalue weighted by atomic mass is 10.1. The molecular weight excluding hydrogens is 350 g/mol. The Bertz CT molecular complexity index is 1180. The summed E-state index contributed by atoms with van der Waals surface area (Å²) in [7, 11) is 1.31. The van der Waals surface area contributed by atoms with E-state index >= 15 is 0 Å². The molecule has 0 aliphatic heterocycles. The number of non-ortho nitro benzene ring substituents is 1. The van der Waals surface area contributed by atoms with Crippen LogP contribution in [-0.2, 0) is 4.74 Å². The van der Waals surface area contributed by atoms with Crippen LogP contribution in [0.3, 0.4) is 0 Å². The molecule has 8 heteroatoms. The molecular formula is C19H13N3O5. The lowest BCUT2D eigenvalue weighted by Gasteiger charge is -2.05. The molecule has 0 radical (unpaired) electrons. The fraction of sp³-hybridized carbons (Fsp3) is 0.0526. The summed E-state index contributed by atoms with van der Waals surface area (Å²) in [4.78, 5) is 29.3. The van der Waals surface area contributed by atoms with Crippen LogP contribution in [0.2, 0.25) is 0 Å². The van der Waals surface area contributed by atoms with Gasteiger partial charge in [0.25, 0.3) is 5.69 Å². The van der Waals surface area contributed by atoms with Crippen molar-refractivity contribution in [1.82, 2.24) is 9.97 Å². The average molecular weight is 363 g/mol. The molecule has 0 unspecified atom stereocenters. The van der Waals surface area contributed by atoms with E-state index in [2.05, 4.69) is 9.97 Å². The van der Waals surface area contributed by atoms with Crippen molar-refractivity contribution < 1.29 is 19.2 Å². The van der Waals surface area contributed by atoms with Crippen LogP contribution in [0.4, 0.5) is 5.69 Å². The topological polar surface area (TPSA) is 107 Å². The maximum Gasteiger partial charge on any atom is 0.356 e. The summed E-state index contributed by atoms with van der Waals surface area (Å²) in [5.74, 6) is 0.537. The molecule has 134 valence electrons. The van der Waals surface area contributed by atoms with E-state index < -0.39 is 10.9 Å². The Morgan fingerprint density at radius 2 is 1.74 bits per heavy atom. The predicted octanol–water partition coefficient (Wildman–Crippen LogP) is 4.20. The standard InChI is InChI=1S/C19H13N3O5/c1-26-19(23)17-9-15-14-8-13(6-7-16(14)21-18(15)10-20-17)27-12-4-2-11(3-5-12)22(24)25/h2-10,21H,1H3. The summed E-state index contributed by atoms with van der Waals surface area (Å²) in [6, 6.07) is 13.0. The van der Waals surface area contributed by atoms with E-state index in [-0.39, 0.29) is 11.4 Å². The number of pyridine rings is 1. The minimum absolute atomic E-state index is 0.00253. The molecule has 4 aromatic rings. The van der Waals surface area contributed by atoms with Crippen molar-refractivity contribution in [3.63, 3.8) is 0 Å². The van der Waals surface area contributed by atoms with E-state index in [9.17, 15) is 14.9 Å². The molecule has 0 fully saturated rings. The van der Waals surface area contributed by atoms with Crippen LogP contribution in [0.15, 0.2) is 54.7 Å². The Balaban J connectivity index is 1.72. The van der Waals surface area contributed by atoms with Gasteiger partial charge in [-0.15, -0.1) is 0 Å². The first kappa shape index (κ1) is 16.5. The predicted molar refractivity (Wildman–Crippen MR) is 98.1 cm³/mol. The van der Waals surface area contributed by atoms with Gasteiger partial charge in [-0.05, 0) is 36.4 Å². The maximum atomic E-state index is 11.7. The minimum atomic E-state index is -0.510. The van der Waals surface area contributed by atoms with E-state index in [4.69, 9.17) is 9.47 Å². The van der Waals surface area contributed by atoms with E-state index in [0.29, 0.717) is 11.5 Å². The van der Waals surface area contributed by atoms with Crippen LogP contribution in [0.1, 0.15) is 10.5 Å². The van der Waals surface area contributed by atoms with Gasteiger partial charge in [0, 0.05) is 28.4 Å². The van der Waals surface area contributed by atoms with Gasteiger partial charge in [0.15, 0.2) is 0 Å². The number of nitro groups is 1. The number of carbonyl (C=O) groups is 1. The van der Waals surface area contributed by atoms with Crippen molar-refractivity contribution in [3.8, 4) is 11.5 Å². The largest absolute Gasteiger partial charge is 0.464 e. The highest BCUT2D eigenvalue weighted by Gasteiger charge is 2.12. The molecule has 0 aliphatic carbocycles. The molecule has 0 amide bonds. The van der Waals surface area contributed by atoms with Gasteiger partial charge < -0.3 is 14.5 Å². The number of hydrogen-bond acceptors (Lipinski definition) is 6. The number of methoxy groups -OCH3 is 1. The molecule has 0 bridgehead atoms. The fourth-order valence-corrected chi connectivity index (χ4v) is 2.83. The first-order valence-electron chi connectivity index (χ1n) is 7.97. The average Bonchev–Trinajstić information content (AvgIpc) is 3.05. The summed E-state index contributed by atoms with van der Waals surface area (Å²) in [5.41, 5.74) is 1.86. The Labute approximate surface area is 152 Å². The number of nitro benzene ring substituents is 1. The number of ether oxygens (including phenoxy) is 2. The highest BCUT2D eigenvalue weighted by Crippen LogP contribution is 2.31. The number of aromatic nitrogens is 2. The second-order valence-electron chi connectivity index (χ2n) is 5.79. The Morgan fingerprint density at radius 1 is 1.04 bits per heavy atom. The van der Waals surface area contributed by atoms with Crippen molar-refractivity contribution in [2.75, 3.05) is 7.11 Å². The Morgan fingerprint density at radius 3 is 2.44 bits per heavy atom. The van der Waals surface area contributed by atoms with Crippen LogP contribution in [0, 0.1) is 10.1 Å². The number of benzene rings is 2. The summed E-state index contributed by atoms with van der Waals surface area (Å²) in [6.07, 6.45) is 1.58. The molecule has 0 saturated heterocycles. The van der Waals surface area contributed by atoms with Gasteiger partial charge in [-0.1, -0.05) is 0 Å². The maximum absolute atomic E-state index is 11.7. The van der Waals surface area contributed by atoms with E-state index in [1.165, 1.54) is 31.4 Å². The van der Waals surface area contributed by atoms with Gasteiger partial charge in [-0.25, -0.2) is 9.78 Å². The van der Waals surface area contributed by atoms with E-state index in [0.717, 1.165) is 21.8 Å². The normalized spacial score (nSPS) is 10.9. The molecule has 0 saturated carbocycles. The van der Waals surface area contributed by atoms with Crippen LogP contribution in [-0.4, -0.2) is 28.0 Å². The van der Waals surface area contributed by atoms with Crippen molar-refractivity contribution in [1.29, 1.82) is 0 Å². The number of H-pyrrole nitrogens is 1. The zero-order valence-corrected chi connectivity index (χ0v) is 14.1. The van der Waals surface area contributed by atoms with Crippen molar-refractivity contribution in [2.45, 2.75) is 0 Å². The number of aromatic amines is 1. The van der Waals surface area contributed by atoms with Crippen molar-refractivity contribution in [2.24, 2.45) is 0 Å². The fourth-order valence-electron chi connectivity index (χ4n) is 2.83. The molecule has 4 rings (SSSR count). The smallest absolute Gasteiger partial charge is 0.356 e. The molecule has 27 heavy (non-hydrogen) atoms. The first-order chi connectivity index (χ1) is 13.0. The molecule has 2 heterocycles. The van der Waals surface area contributed by atoms with E-state index in [1.807, 2.05) is 12.1 Å². The minimum Gasteiger partial charge on any atom is -0.464 e. The number of rotatable bonds is 4. The molecule has 2 aromatic heterocycles. The third-order valence-electron chi connectivity index (χ3n) is 4.13. The zero-order chi connectivity index (χ0) is 19.0. The SMILES string of the molecule is COC(=O)c1cc2c(cn1)[nH]c1ccc(Oc3ccc([N+](=O)[O-])cc3)cc12. The zero-order valence-electron chi connectivity index (χ0n) is 14.1. The highest BCUT2D eigenvalue weighted by atomic mass is 16.6. The summed E-state index contributed by atoms with van der Waals surface area (Å²) in [5, 5.41) is 12.4. The second-order valence-corrected chi connectivity index (χ2v) is 5.79. The van der Waals surface area contributed by atoms with E-state index in [1.54, 1.807) is 18.3 Å². The molecule has 8 nitrogen and oxygen atoms in total. The Kier molecular flexibility index (Phi) is 3.92. The quantitative estimate of drug-likeness (QED) is 0.331. The monoisotopic (exact) mass is 363 g/mol. The van der Waals surface area contributed by atoms with Crippen LogP contribution < -0.4 is 4.74 Å². The number of esters is 1. The van der Waals surface area contributed by atoms with Gasteiger partial charge in [-0.2, -0.15) is 0 Å². The number of fused-ring (bicyclic) bond motifs is 3. The lowest BCUT2D eigenvalue weighted by molar-refractivity contribution is -0.384. The number of carbonyl (C=O) groups excluding carboxylic acids is 1. The molecule has 0 aliphatic rings. The third-order valence-corrected chi connectivity index (χ3v) is 4.13. The van der Waals surface area contributed by atoms with Crippen LogP contribution in [0.5, 0.6) is 11.5 Å². The third kappa shape index (κ3) is 3.04. The number of nitrogens with one attached hydrogen (secondary N) is 1. The van der Waals surface area contributed by atoms with Gasteiger partial charge in [-0.3, -0.25) is 10.1 Å². The van der Waals surface area contributed by atoms with Gasteiger partial charge in [0.1, 0.15) is 17.2 Å². The second kappa shape index (κ2) is 6.41. The van der Waals surface area contributed by atoms with Gasteiger partial charge in [0.2, 0.25) is 0 Å². The molecule has 1 N–H and O–H groups in total. The van der Waals surface area contributed by atoms with Gasteiger partial charge >= 0.3 is 5.97 Å². The molecule has 0 atom stereocenters. The summed E-state index contributed by atoms with van der Waals surface area (Å²) < 4.78 is 10.5. The first-order valence-corrected chi connectivity index (χ1v) is 7.97. The lowest BCUT2D eigenvalue weighted by Crippen LogP contribution is -2.03. The number of hydrogen-bond donors (Lipinski definition) is 1. The number of nitrogens with zero attached hydrogens (tertiary/aromatic N) is 2. The van der Waals surface area contributed by atoms with Gasteiger partial charge in [0.05, 0.1) is 23.7 Å². The van der Waals surface area contributed by atoms with Crippen molar-refractivity contribution >= 4 is 33.5 Å². The van der Waals surface area contributed by atoms with Crippen molar-refractivity contribution in [3.05, 3.63) is 70.5 Å². The Hall–Kier alpha value is -3.94. The highest BCUT2D eigenvalue weighted by molar-refractivity contribution is 6.09. The summed E-state index contributed by atoms with van der Waals surface area (Å²) >= 11 is 0. The van der Waals surface area contributed by atoms with Crippen LogP contribution >= 0.6 is 0 Å². The summed E-state index contributed by atoms with van der Waals surface area (Å²) in [6.45, 7) is 0. The molecule has 0 spiro atoms. The molecule has 2 aromatic carbocycles. The van der Waals surface area contributed by atoms with Crippen LogP contribution in [0.25, 0.3) is 21.8 Å².